The Labute approximate surface area is 250 Å². The predicted molar refractivity (Wildman–Crippen MR) is 155 cm³/mol. The molecule has 0 bridgehead atoms. The van der Waals surface area contributed by atoms with Gasteiger partial charge in [-0.15, -0.1) is 0 Å². The Morgan fingerprint density at radius 3 is 1.88 bits per heavy atom. The summed E-state index contributed by atoms with van der Waals surface area (Å²) in [6.07, 6.45) is -1.68. The number of carbonyl (C=O) groups is 5. The summed E-state index contributed by atoms with van der Waals surface area (Å²) in [7, 11) is 1.16. The van der Waals surface area contributed by atoms with Crippen LogP contribution in [-0.4, -0.2) is 89.4 Å². The molecule has 43 heavy (non-hydrogen) atoms. The molecule has 232 valence electrons. The highest BCUT2D eigenvalue weighted by Crippen LogP contribution is 2.27. The second kappa shape index (κ2) is 13.5. The van der Waals surface area contributed by atoms with Crippen molar-refractivity contribution in [2.45, 2.75) is 59.4 Å². The van der Waals surface area contributed by atoms with Gasteiger partial charge >= 0.3 is 24.2 Å². The lowest BCUT2D eigenvalue weighted by Gasteiger charge is -2.35. The first-order valence-corrected chi connectivity index (χ1v) is 13.7. The van der Waals surface area contributed by atoms with Gasteiger partial charge < -0.3 is 28.7 Å². The lowest BCUT2D eigenvalue weighted by Crippen LogP contribution is -2.51. The molecular formula is C30H38N4O9. The number of pyridine rings is 1. The number of hydrogen-bond acceptors (Lipinski definition) is 10. The van der Waals surface area contributed by atoms with Crippen LogP contribution >= 0.6 is 0 Å². The molecule has 2 heterocycles. The van der Waals surface area contributed by atoms with Crippen molar-refractivity contribution in [3.8, 4) is 0 Å². The summed E-state index contributed by atoms with van der Waals surface area (Å²) in [4.78, 5) is 72.9. The molecule has 1 fully saturated rings. The highest BCUT2D eigenvalue weighted by atomic mass is 16.6. The molecule has 13 nitrogen and oxygen atoms in total. The number of rotatable bonds is 5. The molecule has 0 unspecified atom stereocenters. The van der Waals surface area contributed by atoms with Crippen molar-refractivity contribution in [1.29, 1.82) is 0 Å². The summed E-state index contributed by atoms with van der Waals surface area (Å²) in [5.41, 5.74) is -1.79. The Kier molecular flexibility index (Phi) is 10.3. The highest BCUT2D eigenvalue weighted by molar-refractivity contribution is 6.14. The number of anilines is 1. The second-order valence-electron chi connectivity index (χ2n) is 11.7. The van der Waals surface area contributed by atoms with Gasteiger partial charge in [0.15, 0.2) is 0 Å². The van der Waals surface area contributed by atoms with E-state index in [-0.39, 0.29) is 49.7 Å². The summed E-state index contributed by atoms with van der Waals surface area (Å²) < 4.78 is 21.1. The fourth-order valence-electron chi connectivity index (χ4n) is 3.97. The normalized spacial score (nSPS) is 13.6. The summed E-state index contributed by atoms with van der Waals surface area (Å²) in [6, 6.07) is 10.4. The van der Waals surface area contributed by atoms with E-state index in [1.165, 1.54) is 9.80 Å². The number of aromatic nitrogens is 1. The van der Waals surface area contributed by atoms with Crippen molar-refractivity contribution in [3.63, 3.8) is 0 Å². The molecular weight excluding hydrogens is 560 g/mol. The van der Waals surface area contributed by atoms with Crippen LogP contribution in [0, 0.1) is 0 Å². The molecule has 1 aromatic carbocycles. The van der Waals surface area contributed by atoms with Gasteiger partial charge in [-0.05, 0) is 53.2 Å². The number of ether oxygens (including phenoxy) is 4. The molecule has 0 atom stereocenters. The average molecular weight is 599 g/mol. The highest BCUT2D eigenvalue weighted by Gasteiger charge is 2.37. The third-order valence-corrected chi connectivity index (χ3v) is 5.93. The van der Waals surface area contributed by atoms with Crippen LogP contribution in [0.3, 0.4) is 0 Å². The Morgan fingerprint density at radius 2 is 1.37 bits per heavy atom. The van der Waals surface area contributed by atoms with Crippen LogP contribution in [0.25, 0.3) is 0 Å². The first-order valence-electron chi connectivity index (χ1n) is 13.7. The van der Waals surface area contributed by atoms with Crippen LogP contribution < -0.4 is 4.90 Å². The van der Waals surface area contributed by atoms with Gasteiger partial charge in [0.05, 0.1) is 24.6 Å². The summed E-state index contributed by atoms with van der Waals surface area (Å²) in [5, 5.41) is 0. The monoisotopic (exact) mass is 598 g/mol. The van der Waals surface area contributed by atoms with Crippen molar-refractivity contribution in [2.24, 2.45) is 0 Å². The first kappa shape index (κ1) is 32.8. The maximum atomic E-state index is 13.9. The number of nitrogens with zero attached hydrogens (tertiary/aromatic N) is 4. The van der Waals surface area contributed by atoms with E-state index in [0.717, 1.165) is 24.9 Å². The van der Waals surface area contributed by atoms with E-state index < -0.39 is 41.4 Å². The summed E-state index contributed by atoms with van der Waals surface area (Å²) in [5.74, 6) is -1.44. The maximum absolute atomic E-state index is 13.9. The first-order chi connectivity index (χ1) is 20.1. The number of imide groups is 1. The van der Waals surface area contributed by atoms with Crippen molar-refractivity contribution < 1.29 is 42.9 Å². The van der Waals surface area contributed by atoms with Gasteiger partial charge in [-0.3, -0.25) is 4.79 Å². The molecule has 0 N–H and O–H groups in total. The maximum Gasteiger partial charge on any atom is 0.424 e. The van der Waals surface area contributed by atoms with Crippen molar-refractivity contribution in [3.05, 3.63) is 59.4 Å². The van der Waals surface area contributed by atoms with Crippen LogP contribution in [0.1, 0.15) is 68.0 Å². The average Bonchev–Trinajstić information content (AvgIpc) is 2.94. The van der Waals surface area contributed by atoms with Crippen LogP contribution in [0.4, 0.5) is 20.1 Å². The zero-order valence-electron chi connectivity index (χ0n) is 25.5. The largest absolute Gasteiger partial charge is 0.464 e. The Balaban J connectivity index is 1.89. The van der Waals surface area contributed by atoms with Crippen LogP contribution in [0.15, 0.2) is 42.6 Å². The fraction of sp³-hybridized carbons (Fsp3) is 0.467. The number of hydrogen-bond donors (Lipinski definition) is 0. The van der Waals surface area contributed by atoms with E-state index in [1.807, 2.05) is 30.3 Å². The fourth-order valence-corrected chi connectivity index (χ4v) is 3.97. The minimum atomic E-state index is -1.10. The standard InChI is InChI=1S/C30H38N4O9/c1-29(2,3)42-27(38)34(28(39)43-30(4,5)6)23-18-31-22(25(36)40-7)17-21(23)24(35)32-13-15-33(16-14-32)26(37)41-19-20-11-9-8-10-12-20/h8-12,17-18H,13-16,19H2,1-7H3. The Bertz CT molecular complexity index is 1310. The summed E-state index contributed by atoms with van der Waals surface area (Å²) in [6.45, 7) is 10.4. The Hall–Kier alpha value is -4.68. The molecule has 0 saturated carbocycles. The zero-order valence-corrected chi connectivity index (χ0v) is 25.5. The molecule has 1 aliphatic rings. The Morgan fingerprint density at radius 1 is 0.837 bits per heavy atom. The van der Waals surface area contributed by atoms with Crippen LogP contribution in [0.2, 0.25) is 0 Å². The van der Waals surface area contributed by atoms with Crippen molar-refractivity contribution >= 4 is 35.8 Å². The summed E-state index contributed by atoms with van der Waals surface area (Å²) >= 11 is 0. The van der Waals surface area contributed by atoms with Crippen LogP contribution in [-0.2, 0) is 25.6 Å². The second-order valence-corrected chi connectivity index (χ2v) is 11.7. The van der Waals surface area contributed by atoms with Gasteiger partial charge in [0.25, 0.3) is 5.91 Å². The quantitative estimate of drug-likeness (QED) is 0.352. The van der Waals surface area contributed by atoms with Gasteiger partial charge in [0.1, 0.15) is 23.5 Å². The number of benzene rings is 1. The molecule has 2 aromatic rings. The molecule has 1 saturated heterocycles. The topological polar surface area (TPSA) is 145 Å². The number of carbonyl (C=O) groups excluding carboxylic acids is 5. The third kappa shape index (κ3) is 9.15. The third-order valence-electron chi connectivity index (χ3n) is 5.93. The number of methoxy groups -OCH3 is 1. The lowest BCUT2D eigenvalue weighted by molar-refractivity contribution is 0.0428. The van der Waals surface area contributed by atoms with Crippen LogP contribution in [0.5, 0.6) is 0 Å². The van der Waals surface area contributed by atoms with Gasteiger partial charge in [-0.1, -0.05) is 30.3 Å². The number of piperazine rings is 1. The molecule has 13 heteroatoms. The minimum absolute atomic E-state index is 0.112. The molecule has 1 aliphatic heterocycles. The minimum Gasteiger partial charge on any atom is -0.464 e. The molecule has 1 aromatic heterocycles. The van der Waals surface area contributed by atoms with E-state index in [1.54, 1.807) is 41.5 Å². The number of amides is 4. The van der Waals surface area contributed by atoms with E-state index in [9.17, 15) is 24.0 Å². The van der Waals surface area contributed by atoms with E-state index in [0.29, 0.717) is 4.90 Å². The lowest BCUT2D eigenvalue weighted by atomic mass is 10.1. The van der Waals surface area contributed by atoms with Gasteiger partial charge in [-0.25, -0.2) is 24.2 Å². The zero-order chi connectivity index (χ0) is 31.9. The SMILES string of the molecule is COC(=O)c1cc(C(=O)N2CCN(C(=O)OCc3ccccc3)CC2)c(N(C(=O)OC(C)(C)C)C(=O)OC(C)(C)C)cn1. The van der Waals surface area contributed by atoms with E-state index in [2.05, 4.69) is 4.98 Å². The van der Waals surface area contributed by atoms with E-state index in [4.69, 9.17) is 18.9 Å². The molecule has 3 rings (SSSR count). The molecule has 0 aliphatic carbocycles. The van der Waals surface area contributed by atoms with Crippen molar-refractivity contribution in [2.75, 3.05) is 38.2 Å². The molecule has 0 spiro atoms. The van der Waals surface area contributed by atoms with Gasteiger partial charge in [0.2, 0.25) is 0 Å². The van der Waals surface area contributed by atoms with Gasteiger partial charge in [-0.2, -0.15) is 4.90 Å². The predicted octanol–water partition coefficient (Wildman–Crippen LogP) is 4.64. The van der Waals surface area contributed by atoms with Crippen molar-refractivity contribution in [1.82, 2.24) is 14.8 Å². The molecule has 4 amide bonds. The van der Waals surface area contributed by atoms with Gasteiger partial charge in [0, 0.05) is 26.2 Å². The number of esters is 1. The molecule has 0 radical (unpaired) electrons. The smallest absolute Gasteiger partial charge is 0.424 e. The van der Waals surface area contributed by atoms with E-state index >= 15 is 0 Å².